The largest absolute Gasteiger partial charge is 0.507 e. The van der Waals surface area contributed by atoms with Crippen LogP contribution in [0.15, 0.2) is 121 Å². The molecule has 7 aromatic rings. The molecule has 2 aromatic heterocycles. The molecule has 53 heavy (non-hydrogen) atoms. The number of aromatic hydroxyl groups is 1. The van der Waals surface area contributed by atoms with Crippen molar-refractivity contribution in [3.8, 4) is 56.3 Å². The maximum Gasteiger partial charge on any atom is 0.148 e. The zero-order valence-electron chi connectivity index (χ0n) is 32.2. The molecule has 0 aliphatic heterocycles. The van der Waals surface area contributed by atoms with Crippen LogP contribution in [0.25, 0.3) is 61.6 Å². The molecular weight excluding hydrogens is 830 g/mol. The van der Waals surface area contributed by atoms with Crippen molar-refractivity contribution in [1.82, 2.24) is 14.5 Å². The van der Waals surface area contributed by atoms with Gasteiger partial charge in [0.25, 0.3) is 0 Å². The third-order valence-electron chi connectivity index (χ3n) is 9.92. The monoisotopic (exact) mass is 877 g/mol. The van der Waals surface area contributed by atoms with Crippen LogP contribution in [0.3, 0.4) is 0 Å². The Kier molecular flexibility index (Phi) is 10.2. The van der Waals surface area contributed by atoms with Crippen LogP contribution in [0.5, 0.6) is 5.75 Å². The quantitative estimate of drug-likeness (QED) is 0.175. The average molecular weight is 878 g/mol. The molecule has 0 fully saturated rings. The number of imidazole rings is 1. The predicted octanol–water partition coefficient (Wildman–Crippen LogP) is 12.5. The van der Waals surface area contributed by atoms with Gasteiger partial charge in [0.1, 0.15) is 11.6 Å². The van der Waals surface area contributed by atoms with Crippen molar-refractivity contribution in [2.75, 3.05) is 0 Å². The summed E-state index contributed by atoms with van der Waals surface area (Å²) >= 11 is 0. The number of hydrogen-bond acceptors (Lipinski definition) is 3. The Hall–Kier alpha value is -4.79. The molecule has 0 bridgehead atoms. The van der Waals surface area contributed by atoms with E-state index in [1.54, 1.807) is 0 Å². The summed E-state index contributed by atoms with van der Waals surface area (Å²) in [6, 6.07) is 43.8. The topological polar surface area (TPSA) is 50.9 Å². The molecule has 0 spiro atoms. The van der Waals surface area contributed by atoms with Gasteiger partial charge in [-0.15, -0.1) is 29.8 Å². The van der Waals surface area contributed by atoms with Crippen molar-refractivity contribution in [3.63, 3.8) is 0 Å². The van der Waals surface area contributed by atoms with Crippen LogP contribution in [0, 0.1) is 6.07 Å². The minimum Gasteiger partial charge on any atom is -0.507 e. The number of hydrogen-bond donors (Lipinski definition) is 1. The number of para-hydroxylation sites is 1. The number of phenolic OH excluding ortho intramolecular Hbond substituents is 1. The van der Waals surface area contributed by atoms with Gasteiger partial charge in [0.2, 0.25) is 0 Å². The van der Waals surface area contributed by atoms with Gasteiger partial charge >= 0.3 is 0 Å². The molecule has 2 heterocycles. The molecule has 0 amide bonds. The number of fused-ring (bicyclic) bond motifs is 1. The van der Waals surface area contributed by atoms with E-state index in [0.717, 1.165) is 61.4 Å². The number of pyridine rings is 1. The summed E-state index contributed by atoms with van der Waals surface area (Å²) in [6.07, 6.45) is 1.81. The maximum atomic E-state index is 12.3. The van der Waals surface area contributed by atoms with E-state index in [0.29, 0.717) is 11.4 Å². The van der Waals surface area contributed by atoms with Crippen molar-refractivity contribution in [1.29, 1.82) is 0 Å². The fourth-order valence-corrected chi connectivity index (χ4v) is 6.89. The van der Waals surface area contributed by atoms with Gasteiger partial charge in [-0.05, 0) is 63.3 Å². The van der Waals surface area contributed by atoms with Crippen molar-refractivity contribution in [2.45, 2.75) is 78.6 Å². The zero-order valence-corrected chi connectivity index (χ0v) is 34.4. The Labute approximate surface area is 329 Å². The number of phenols is 1. The van der Waals surface area contributed by atoms with Crippen LogP contribution in [-0.2, 0) is 37.3 Å². The Morgan fingerprint density at radius 3 is 1.91 bits per heavy atom. The first-order valence-electron chi connectivity index (χ1n) is 18.2. The van der Waals surface area contributed by atoms with E-state index in [2.05, 4.69) is 169 Å². The van der Waals surface area contributed by atoms with Gasteiger partial charge in [-0.2, -0.15) is 0 Å². The number of benzene rings is 5. The van der Waals surface area contributed by atoms with Gasteiger partial charge in [-0.3, -0.25) is 9.55 Å². The van der Waals surface area contributed by atoms with E-state index >= 15 is 0 Å². The van der Waals surface area contributed by atoms with Gasteiger partial charge in [-0.1, -0.05) is 140 Å². The Morgan fingerprint density at radius 1 is 0.585 bits per heavy atom. The van der Waals surface area contributed by atoms with E-state index in [1.807, 2.05) is 30.5 Å². The average Bonchev–Trinajstić information content (AvgIpc) is 3.50. The molecule has 0 saturated heterocycles. The van der Waals surface area contributed by atoms with Gasteiger partial charge in [0, 0.05) is 44.1 Å². The number of aromatic nitrogens is 3. The van der Waals surface area contributed by atoms with Crippen LogP contribution in [0.4, 0.5) is 0 Å². The molecule has 0 unspecified atom stereocenters. The molecule has 0 atom stereocenters. The molecule has 4 nitrogen and oxygen atoms in total. The van der Waals surface area contributed by atoms with Crippen LogP contribution >= 0.6 is 0 Å². The molecule has 272 valence electrons. The standard InChI is InChI=1S/C48H48N3O.Pt/c1-46(2,3)34-24-25-41(37(28-34)31-17-11-10-12-18-31)51-42-23-16-21-36(32-19-15-20-33(27-32)40-22-13-14-26-49-40)43(42)50-45(51)38-29-35(47(4,5)6)30-39(44(38)52)48(7,8)9;/h10-26,28-30,52H,1-9H3;/q-1;. The van der Waals surface area contributed by atoms with E-state index < -0.39 is 0 Å². The second-order valence-electron chi connectivity index (χ2n) is 16.9. The van der Waals surface area contributed by atoms with Gasteiger partial charge in [0.05, 0.1) is 22.3 Å². The smallest absolute Gasteiger partial charge is 0.148 e. The molecule has 0 aliphatic carbocycles. The summed E-state index contributed by atoms with van der Waals surface area (Å²) in [5, 5.41) is 12.3. The molecule has 5 heteroatoms. The molecule has 1 N–H and O–H groups in total. The summed E-state index contributed by atoms with van der Waals surface area (Å²) in [6.45, 7) is 19.9. The summed E-state index contributed by atoms with van der Waals surface area (Å²) < 4.78 is 2.25. The summed E-state index contributed by atoms with van der Waals surface area (Å²) in [4.78, 5) is 10.1. The fourth-order valence-electron chi connectivity index (χ4n) is 6.89. The summed E-state index contributed by atoms with van der Waals surface area (Å²) in [5.74, 6) is 0.952. The van der Waals surface area contributed by atoms with Gasteiger partial charge < -0.3 is 5.11 Å². The molecule has 0 radical (unpaired) electrons. The fraction of sp³-hybridized carbons (Fsp3) is 0.250. The molecule has 0 aliphatic rings. The normalized spacial score (nSPS) is 12.2. The second kappa shape index (κ2) is 14.2. The van der Waals surface area contributed by atoms with Crippen molar-refractivity contribution in [3.05, 3.63) is 144 Å². The number of nitrogens with zero attached hydrogens (tertiary/aromatic N) is 3. The Morgan fingerprint density at radius 2 is 1.25 bits per heavy atom. The SMILES string of the molecule is CC(C)(C)c1ccc(-n2c(-c3cc(C(C)(C)C)cc(C(C)(C)C)c3O)nc3c(-c4[c-]c(-c5ccccn5)ccc4)cccc32)c(-c2ccccc2)c1.[Pt]. The van der Waals surface area contributed by atoms with Crippen LogP contribution in [-0.4, -0.2) is 19.6 Å². The van der Waals surface area contributed by atoms with E-state index in [9.17, 15) is 5.11 Å². The van der Waals surface area contributed by atoms with Gasteiger partial charge in [-0.25, -0.2) is 4.98 Å². The van der Waals surface area contributed by atoms with Crippen molar-refractivity contribution in [2.24, 2.45) is 0 Å². The van der Waals surface area contributed by atoms with E-state index in [1.165, 1.54) is 5.56 Å². The molecule has 7 rings (SSSR count). The van der Waals surface area contributed by atoms with Crippen molar-refractivity contribution < 1.29 is 26.2 Å². The molecular formula is C48H48N3OPt-. The third-order valence-corrected chi connectivity index (χ3v) is 9.92. The third kappa shape index (κ3) is 7.40. The van der Waals surface area contributed by atoms with E-state index in [-0.39, 0.29) is 43.1 Å². The zero-order chi connectivity index (χ0) is 37.0. The number of rotatable bonds is 5. The molecule has 0 saturated carbocycles. The van der Waals surface area contributed by atoms with Crippen LogP contribution < -0.4 is 0 Å². The predicted molar refractivity (Wildman–Crippen MR) is 217 cm³/mol. The maximum absolute atomic E-state index is 12.3. The first-order chi connectivity index (χ1) is 24.6. The molecule has 5 aromatic carbocycles. The van der Waals surface area contributed by atoms with Crippen LogP contribution in [0.2, 0.25) is 0 Å². The first kappa shape index (κ1) is 37.9. The minimum absolute atomic E-state index is 0. The Bertz CT molecular complexity index is 2410. The van der Waals surface area contributed by atoms with Crippen LogP contribution in [0.1, 0.15) is 79.0 Å². The summed E-state index contributed by atoms with van der Waals surface area (Å²) in [7, 11) is 0. The van der Waals surface area contributed by atoms with Crippen molar-refractivity contribution >= 4 is 11.0 Å². The first-order valence-corrected chi connectivity index (χ1v) is 18.2. The summed E-state index contributed by atoms with van der Waals surface area (Å²) in [5.41, 5.74) is 12.2. The minimum atomic E-state index is -0.299. The van der Waals surface area contributed by atoms with Gasteiger partial charge in [0.15, 0.2) is 0 Å². The second-order valence-corrected chi connectivity index (χ2v) is 16.9. The van der Waals surface area contributed by atoms with E-state index in [4.69, 9.17) is 4.98 Å². The Balaban J connectivity index is 0.00000481.